The fourth-order valence-corrected chi connectivity index (χ4v) is 2.14. The maximum Gasteiger partial charge on any atom is 0.121 e. The van der Waals surface area contributed by atoms with Crippen LogP contribution in [0.25, 0.3) is 0 Å². The van der Waals surface area contributed by atoms with Crippen molar-refractivity contribution in [2.24, 2.45) is 0 Å². The van der Waals surface area contributed by atoms with Crippen LogP contribution >= 0.6 is 0 Å². The van der Waals surface area contributed by atoms with Crippen LogP contribution < -0.4 is 14.4 Å². The SMILES string of the molecule is COc1ccc(CN(C)c2cc(OC)ccc2C#N)cc1. The van der Waals surface area contributed by atoms with Gasteiger partial charge in [0.05, 0.1) is 25.5 Å². The van der Waals surface area contributed by atoms with Crippen LogP contribution in [0.2, 0.25) is 0 Å². The molecule has 2 aromatic rings. The zero-order chi connectivity index (χ0) is 15.2. The molecule has 2 aromatic carbocycles. The maximum atomic E-state index is 9.23. The van der Waals surface area contributed by atoms with E-state index in [2.05, 4.69) is 6.07 Å². The van der Waals surface area contributed by atoms with E-state index in [0.29, 0.717) is 12.1 Å². The first-order valence-corrected chi connectivity index (χ1v) is 6.60. The minimum atomic E-state index is 0.631. The fraction of sp³-hybridized carbons (Fsp3) is 0.235. The Morgan fingerprint density at radius 1 is 1.00 bits per heavy atom. The summed E-state index contributed by atoms with van der Waals surface area (Å²) < 4.78 is 10.4. The largest absolute Gasteiger partial charge is 0.497 e. The Hall–Kier alpha value is -2.67. The average molecular weight is 282 g/mol. The number of rotatable bonds is 5. The number of nitriles is 1. The highest BCUT2D eigenvalue weighted by Crippen LogP contribution is 2.26. The van der Waals surface area contributed by atoms with Crippen molar-refractivity contribution >= 4 is 5.69 Å². The summed E-state index contributed by atoms with van der Waals surface area (Å²) in [6.07, 6.45) is 0. The lowest BCUT2D eigenvalue weighted by Gasteiger charge is -2.21. The first-order chi connectivity index (χ1) is 10.2. The van der Waals surface area contributed by atoms with Crippen LogP contribution in [0.1, 0.15) is 11.1 Å². The van der Waals surface area contributed by atoms with E-state index in [1.165, 1.54) is 0 Å². The summed E-state index contributed by atoms with van der Waals surface area (Å²) in [5.74, 6) is 1.58. The number of hydrogen-bond acceptors (Lipinski definition) is 4. The van der Waals surface area contributed by atoms with Gasteiger partial charge in [-0.15, -0.1) is 0 Å². The summed E-state index contributed by atoms with van der Waals surface area (Å²) in [6.45, 7) is 0.700. The van der Waals surface area contributed by atoms with E-state index in [1.807, 2.05) is 42.3 Å². The molecule has 0 saturated heterocycles. The molecule has 0 N–H and O–H groups in total. The van der Waals surface area contributed by atoms with E-state index in [1.54, 1.807) is 26.4 Å². The van der Waals surface area contributed by atoms with Gasteiger partial charge in [-0.3, -0.25) is 0 Å². The Balaban J connectivity index is 2.22. The third kappa shape index (κ3) is 3.46. The van der Waals surface area contributed by atoms with Gasteiger partial charge in [0, 0.05) is 19.7 Å². The quantitative estimate of drug-likeness (QED) is 0.844. The lowest BCUT2D eigenvalue weighted by molar-refractivity contribution is 0.414. The van der Waals surface area contributed by atoms with E-state index in [-0.39, 0.29) is 0 Å². The molecule has 0 bridgehead atoms. The molecule has 21 heavy (non-hydrogen) atoms. The second-order valence-corrected chi connectivity index (χ2v) is 4.70. The number of benzene rings is 2. The molecule has 0 radical (unpaired) electrons. The highest BCUT2D eigenvalue weighted by molar-refractivity contribution is 5.62. The summed E-state index contributed by atoms with van der Waals surface area (Å²) >= 11 is 0. The number of nitrogens with zero attached hydrogens (tertiary/aromatic N) is 2. The van der Waals surface area contributed by atoms with Crippen molar-refractivity contribution in [3.63, 3.8) is 0 Å². The zero-order valence-corrected chi connectivity index (χ0v) is 12.5. The first kappa shape index (κ1) is 14.7. The highest BCUT2D eigenvalue weighted by Gasteiger charge is 2.09. The average Bonchev–Trinajstić information content (AvgIpc) is 2.54. The Morgan fingerprint density at radius 3 is 2.19 bits per heavy atom. The van der Waals surface area contributed by atoms with Crippen molar-refractivity contribution in [1.82, 2.24) is 0 Å². The molecule has 0 saturated carbocycles. The molecule has 0 aliphatic carbocycles. The molecule has 0 unspecified atom stereocenters. The molecule has 0 aromatic heterocycles. The van der Waals surface area contributed by atoms with Crippen LogP contribution in [0.3, 0.4) is 0 Å². The molecular formula is C17H18N2O2. The Kier molecular flexibility index (Phi) is 4.68. The van der Waals surface area contributed by atoms with Gasteiger partial charge < -0.3 is 14.4 Å². The molecule has 0 spiro atoms. The van der Waals surface area contributed by atoms with Gasteiger partial charge in [-0.25, -0.2) is 0 Å². The Bertz CT molecular complexity index is 645. The summed E-state index contributed by atoms with van der Waals surface area (Å²) in [5.41, 5.74) is 2.63. The minimum absolute atomic E-state index is 0.631. The van der Waals surface area contributed by atoms with Crippen LogP contribution in [0.5, 0.6) is 11.5 Å². The number of ether oxygens (including phenoxy) is 2. The summed E-state index contributed by atoms with van der Waals surface area (Å²) in [4.78, 5) is 2.03. The molecule has 108 valence electrons. The third-order valence-corrected chi connectivity index (χ3v) is 3.32. The summed E-state index contributed by atoms with van der Waals surface area (Å²) in [6, 6.07) is 15.6. The van der Waals surface area contributed by atoms with Gasteiger partial charge >= 0.3 is 0 Å². The topological polar surface area (TPSA) is 45.5 Å². The fourth-order valence-electron chi connectivity index (χ4n) is 2.14. The molecular weight excluding hydrogens is 264 g/mol. The second kappa shape index (κ2) is 6.67. The van der Waals surface area contributed by atoms with Gasteiger partial charge in [-0.2, -0.15) is 5.26 Å². The van der Waals surface area contributed by atoms with Crippen LogP contribution in [0.15, 0.2) is 42.5 Å². The van der Waals surface area contributed by atoms with Gasteiger partial charge in [-0.05, 0) is 29.8 Å². The van der Waals surface area contributed by atoms with Crippen LogP contribution in [-0.2, 0) is 6.54 Å². The molecule has 2 rings (SSSR count). The normalized spacial score (nSPS) is 9.81. The van der Waals surface area contributed by atoms with Crippen molar-refractivity contribution in [2.75, 3.05) is 26.2 Å². The van der Waals surface area contributed by atoms with E-state index in [9.17, 15) is 5.26 Å². The van der Waals surface area contributed by atoms with E-state index in [4.69, 9.17) is 9.47 Å². The van der Waals surface area contributed by atoms with E-state index >= 15 is 0 Å². The first-order valence-electron chi connectivity index (χ1n) is 6.60. The van der Waals surface area contributed by atoms with Crippen LogP contribution in [0, 0.1) is 11.3 Å². The Morgan fingerprint density at radius 2 is 1.62 bits per heavy atom. The molecule has 0 fully saturated rings. The zero-order valence-electron chi connectivity index (χ0n) is 12.5. The minimum Gasteiger partial charge on any atom is -0.497 e. The van der Waals surface area contributed by atoms with Crippen molar-refractivity contribution in [3.8, 4) is 17.6 Å². The standard InChI is InChI=1S/C17H18N2O2/c1-19(12-13-4-7-15(20-2)8-5-13)17-10-16(21-3)9-6-14(17)11-18/h4-10H,12H2,1-3H3. The van der Waals surface area contributed by atoms with Crippen LogP contribution in [-0.4, -0.2) is 21.3 Å². The molecule has 0 atom stereocenters. The third-order valence-electron chi connectivity index (χ3n) is 3.32. The van der Waals surface area contributed by atoms with Crippen LogP contribution in [0.4, 0.5) is 5.69 Å². The predicted octanol–water partition coefficient (Wildman–Crippen LogP) is 3.21. The molecule has 0 amide bonds. The predicted molar refractivity (Wildman–Crippen MR) is 82.8 cm³/mol. The number of anilines is 1. The Labute approximate surface area is 125 Å². The summed E-state index contributed by atoms with van der Waals surface area (Å²) in [7, 11) is 5.23. The van der Waals surface area contributed by atoms with Gasteiger partial charge in [0.2, 0.25) is 0 Å². The van der Waals surface area contributed by atoms with Crippen molar-refractivity contribution in [1.29, 1.82) is 5.26 Å². The lowest BCUT2D eigenvalue weighted by atomic mass is 10.1. The lowest BCUT2D eigenvalue weighted by Crippen LogP contribution is -2.17. The number of hydrogen-bond donors (Lipinski definition) is 0. The van der Waals surface area contributed by atoms with E-state index in [0.717, 1.165) is 22.7 Å². The maximum absolute atomic E-state index is 9.23. The van der Waals surface area contributed by atoms with Gasteiger partial charge in [0.15, 0.2) is 0 Å². The molecule has 4 nitrogen and oxygen atoms in total. The second-order valence-electron chi connectivity index (χ2n) is 4.70. The van der Waals surface area contributed by atoms with Gasteiger partial charge in [-0.1, -0.05) is 12.1 Å². The molecule has 0 heterocycles. The summed E-state index contributed by atoms with van der Waals surface area (Å²) in [5, 5.41) is 9.23. The monoisotopic (exact) mass is 282 g/mol. The highest BCUT2D eigenvalue weighted by atomic mass is 16.5. The molecule has 0 aliphatic rings. The van der Waals surface area contributed by atoms with Crippen molar-refractivity contribution in [3.05, 3.63) is 53.6 Å². The smallest absolute Gasteiger partial charge is 0.121 e. The molecule has 4 heteroatoms. The van der Waals surface area contributed by atoms with Gasteiger partial charge in [0.1, 0.15) is 17.6 Å². The van der Waals surface area contributed by atoms with Gasteiger partial charge in [0.25, 0.3) is 0 Å². The van der Waals surface area contributed by atoms with E-state index < -0.39 is 0 Å². The molecule has 0 aliphatic heterocycles. The number of methoxy groups -OCH3 is 2. The van der Waals surface area contributed by atoms with Crippen molar-refractivity contribution in [2.45, 2.75) is 6.54 Å². The van der Waals surface area contributed by atoms with Crippen molar-refractivity contribution < 1.29 is 9.47 Å².